The van der Waals surface area contributed by atoms with Gasteiger partial charge in [-0.2, -0.15) is 0 Å². The normalized spacial score (nSPS) is 13.9. The highest BCUT2D eigenvalue weighted by Crippen LogP contribution is 2.05. The summed E-state index contributed by atoms with van der Waals surface area (Å²) in [5, 5.41) is 0. The predicted molar refractivity (Wildman–Crippen MR) is 34.4 cm³/mol. The van der Waals surface area contributed by atoms with Gasteiger partial charge in [-0.15, -0.1) is 0 Å². The van der Waals surface area contributed by atoms with Crippen molar-refractivity contribution in [3.63, 3.8) is 0 Å². The van der Waals surface area contributed by atoms with Crippen molar-refractivity contribution in [3.8, 4) is 0 Å². The van der Waals surface area contributed by atoms with E-state index in [4.69, 9.17) is 0 Å². The molecule has 0 heterocycles. The van der Waals surface area contributed by atoms with Crippen LogP contribution in [0.25, 0.3) is 0 Å². The van der Waals surface area contributed by atoms with Crippen molar-refractivity contribution in [2.75, 3.05) is 0 Å². The lowest BCUT2D eigenvalue weighted by molar-refractivity contribution is 0.348. The Hall–Kier alpha value is -0.0700. The van der Waals surface area contributed by atoms with Gasteiger partial charge in [0.1, 0.15) is 6.17 Å². The highest BCUT2D eigenvalue weighted by Gasteiger charge is 1.99. The molecule has 0 aliphatic carbocycles. The first-order valence-electron chi connectivity index (χ1n) is 3.24. The van der Waals surface area contributed by atoms with Crippen molar-refractivity contribution < 1.29 is 4.39 Å². The van der Waals surface area contributed by atoms with Crippen molar-refractivity contribution in [2.45, 2.75) is 39.3 Å². The molecular formula is C7H14F. The Morgan fingerprint density at radius 1 is 1.62 bits per heavy atom. The smallest absolute Gasteiger partial charge is 0.103 e. The van der Waals surface area contributed by atoms with Crippen LogP contribution in [-0.2, 0) is 0 Å². The third-order valence-electron chi connectivity index (χ3n) is 1.20. The Labute approximate surface area is 51.1 Å². The van der Waals surface area contributed by atoms with Crippen molar-refractivity contribution in [2.24, 2.45) is 0 Å². The second-order valence-corrected chi connectivity index (χ2v) is 1.99. The van der Waals surface area contributed by atoms with Crippen molar-refractivity contribution in [1.29, 1.82) is 0 Å². The third kappa shape index (κ3) is 4.10. The lowest BCUT2D eigenvalue weighted by atomic mass is 10.1. The monoisotopic (exact) mass is 117 g/mol. The van der Waals surface area contributed by atoms with Gasteiger partial charge in [-0.3, -0.25) is 0 Å². The molecule has 0 aromatic heterocycles. The van der Waals surface area contributed by atoms with Gasteiger partial charge in [0.15, 0.2) is 0 Å². The van der Waals surface area contributed by atoms with Gasteiger partial charge in [0.25, 0.3) is 0 Å². The highest BCUT2D eigenvalue weighted by atomic mass is 19.1. The molecule has 0 nitrogen and oxygen atoms in total. The van der Waals surface area contributed by atoms with Crippen LogP contribution in [0.5, 0.6) is 0 Å². The first-order chi connectivity index (χ1) is 3.81. The van der Waals surface area contributed by atoms with E-state index < -0.39 is 6.17 Å². The van der Waals surface area contributed by atoms with Gasteiger partial charge < -0.3 is 0 Å². The summed E-state index contributed by atoms with van der Waals surface area (Å²) in [7, 11) is 0. The first kappa shape index (κ1) is 7.93. The Bertz CT molecular complexity index is 43.7. The van der Waals surface area contributed by atoms with Gasteiger partial charge in [-0.25, -0.2) is 4.39 Å². The van der Waals surface area contributed by atoms with Gasteiger partial charge in [-0.05, 0) is 12.8 Å². The lowest BCUT2D eigenvalue weighted by Gasteiger charge is -2.00. The molecule has 49 valence electrons. The zero-order valence-corrected chi connectivity index (χ0v) is 5.65. The quantitative estimate of drug-likeness (QED) is 0.531. The third-order valence-corrected chi connectivity index (χ3v) is 1.20. The van der Waals surface area contributed by atoms with Crippen molar-refractivity contribution in [1.82, 2.24) is 0 Å². The average Bonchev–Trinajstić information content (AvgIpc) is 1.83. The number of halogens is 1. The van der Waals surface area contributed by atoms with Crippen LogP contribution < -0.4 is 0 Å². The minimum atomic E-state index is -0.671. The second kappa shape index (κ2) is 5.07. The van der Waals surface area contributed by atoms with Crippen molar-refractivity contribution >= 4 is 0 Å². The van der Waals surface area contributed by atoms with Crippen LogP contribution in [0.2, 0.25) is 0 Å². The van der Waals surface area contributed by atoms with E-state index in [-0.39, 0.29) is 0 Å². The Morgan fingerprint density at radius 3 is 2.62 bits per heavy atom. The maximum Gasteiger partial charge on any atom is 0.103 e. The van der Waals surface area contributed by atoms with E-state index in [2.05, 4.69) is 6.92 Å². The van der Waals surface area contributed by atoms with Crippen LogP contribution in [-0.4, -0.2) is 6.17 Å². The van der Waals surface area contributed by atoms with E-state index in [0.717, 1.165) is 12.8 Å². The molecule has 1 heteroatoms. The van der Waals surface area contributed by atoms with E-state index in [1.807, 2.05) is 0 Å². The Kier molecular flexibility index (Phi) is 5.03. The van der Waals surface area contributed by atoms with Gasteiger partial charge >= 0.3 is 0 Å². The van der Waals surface area contributed by atoms with Crippen LogP contribution in [0, 0.1) is 6.42 Å². The zero-order chi connectivity index (χ0) is 6.41. The fraction of sp³-hybridized carbons (Fsp3) is 0.857. The maximum atomic E-state index is 12.3. The van der Waals surface area contributed by atoms with Crippen LogP contribution in [0.1, 0.15) is 33.1 Å². The van der Waals surface area contributed by atoms with Crippen LogP contribution >= 0.6 is 0 Å². The molecule has 1 atom stereocenters. The molecule has 0 bridgehead atoms. The number of unbranched alkanes of at least 4 members (excludes halogenated alkanes) is 1. The Balaban J connectivity index is 2.86. The van der Waals surface area contributed by atoms with E-state index >= 15 is 0 Å². The number of rotatable bonds is 4. The zero-order valence-electron chi connectivity index (χ0n) is 5.65. The predicted octanol–water partition coefficient (Wildman–Crippen LogP) is 2.74. The molecule has 0 fully saturated rings. The molecule has 0 aromatic rings. The number of alkyl halides is 1. The summed E-state index contributed by atoms with van der Waals surface area (Å²) in [4.78, 5) is 0. The van der Waals surface area contributed by atoms with Crippen LogP contribution in [0.3, 0.4) is 0 Å². The topological polar surface area (TPSA) is 0 Å². The average molecular weight is 117 g/mol. The van der Waals surface area contributed by atoms with Gasteiger partial charge in [-0.1, -0.05) is 26.7 Å². The molecule has 8 heavy (non-hydrogen) atoms. The summed E-state index contributed by atoms with van der Waals surface area (Å²) in [5.74, 6) is 0. The summed E-state index contributed by atoms with van der Waals surface area (Å²) in [6.45, 7) is 3.84. The van der Waals surface area contributed by atoms with E-state index in [0.29, 0.717) is 6.42 Å². The molecule has 1 radical (unpaired) electrons. The fourth-order valence-corrected chi connectivity index (χ4v) is 0.566. The molecule has 0 aromatic carbocycles. The van der Waals surface area contributed by atoms with Gasteiger partial charge in [0, 0.05) is 0 Å². The van der Waals surface area contributed by atoms with E-state index in [1.54, 1.807) is 13.3 Å². The summed E-state index contributed by atoms with van der Waals surface area (Å²) >= 11 is 0. The molecule has 0 aliphatic rings. The fourth-order valence-electron chi connectivity index (χ4n) is 0.566. The summed E-state index contributed by atoms with van der Waals surface area (Å²) < 4.78 is 12.3. The van der Waals surface area contributed by atoms with Gasteiger partial charge in [0.05, 0.1) is 0 Å². The molecule has 0 amide bonds. The molecule has 0 spiro atoms. The maximum absolute atomic E-state index is 12.3. The van der Waals surface area contributed by atoms with E-state index in [1.165, 1.54) is 0 Å². The second-order valence-electron chi connectivity index (χ2n) is 1.99. The minimum Gasteiger partial charge on any atom is -0.247 e. The summed E-state index contributed by atoms with van der Waals surface area (Å²) in [5.41, 5.74) is 0. The highest BCUT2D eigenvalue weighted by molar-refractivity contribution is 4.68. The number of hydrogen-bond donors (Lipinski definition) is 0. The first-order valence-corrected chi connectivity index (χ1v) is 3.24. The largest absolute Gasteiger partial charge is 0.247 e. The standard InChI is InChI=1S/C7H14F/c1-3-5-6-7(8)4-2/h4,7H,3,5-6H2,1-2H3. The summed E-state index contributed by atoms with van der Waals surface area (Å²) in [6.07, 6.45) is 3.73. The van der Waals surface area contributed by atoms with Gasteiger partial charge in [0.2, 0.25) is 0 Å². The lowest BCUT2D eigenvalue weighted by Crippen LogP contribution is -1.96. The van der Waals surface area contributed by atoms with Crippen LogP contribution in [0.15, 0.2) is 0 Å². The Morgan fingerprint density at radius 2 is 2.25 bits per heavy atom. The molecule has 1 unspecified atom stereocenters. The number of hydrogen-bond acceptors (Lipinski definition) is 0. The minimum absolute atomic E-state index is 0.671. The molecule has 0 saturated carbocycles. The van der Waals surface area contributed by atoms with Crippen molar-refractivity contribution in [3.05, 3.63) is 6.42 Å². The summed E-state index contributed by atoms with van der Waals surface area (Å²) in [6, 6.07) is 0. The molecule has 0 rings (SSSR count). The molecule has 0 N–H and O–H groups in total. The SMILES string of the molecule is C[CH]C(F)CCCC. The van der Waals surface area contributed by atoms with Crippen LogP contribution in [0.4, 0.5) is 4.39 Å². The molecule has 0 saturated heterocycles. The molecule has 0 aliphatic heterocycles. The molecular weight excluding hydrogens is 103 g/mol. The van der Waals surface area contributed by atoms with E-state index in [9.17, 15) is 4.39 Å².